The number of nitrogens with one attached hydrogen (secondary N) is 1. The molecule has 0 spiro atoms. The molecule has 0 radical (unpaired) electrons. The SMILES string of the molecule is Cc1ccc(-c2noc(CCC(=O)NC(C)c3ccccc3)n2)c(=O)n1C(C)C. The third kappa shape index (κ3) is 4.80. The zero-order valence-electron chi connectivity index (χ0n) is 17.2. The smallest absolute Gasteiger partial charge is 0.262 e. The van der Waals surface area contributed by atoms with E-state index in [2.05, 4.69) is 15.5 Å². The van der Waals surface area contributed by atoms with Crippen LogP contribution < -0.4 is 10.9 Å². The van der Waals surface area contributed by atoms with Crippen molar-refractivity contribution in [2.75, 3.05) is 0 Å². The Kier molecular flexibility index (Phi) is 6.26. The van der Waals surface area contributed by atoms with E-state index in [9.17, 15) is 9.59 Å². The molecular formula is C22H26N4O3. The van der Waals surface area contributed by atoms with Gasteiger partial charge in [-0.25, -0.2) is 0 Å². The van der Waals surface area contributed by atoms with Crippen molar-refractivity contribution in [1.82, 2.24) is 20.0 Å². The van der Waals surface area contributed by atoms with Crippen molar-refractivity contribution in [2.24, 2.45) is 0 Å². The van der Waals surface area contributed by atoms with Gasteiger partial charge in [0.15, 0.2) is 0 Å². The molecule has 0 aliphatic carbocycles. The van der Waals surface area contributed by atoms with Crippen LogP contribution in [0.1, 0.15) is 56.4 Å². The van der Waals surface area contributed by atoms with E-state index in [1.165, 1.54) is 0 Å². The molecule has 0 saturated heterocycles. The zero-order valence-corrected chi connectivity index (χ0v) is 17.2. The number of rotatable bonds is 7. The molecule has 1 unspecified atom stereocenters. The number of pyridine rings is 1. The summed E-state index contributed by atoms with van der Waals surface area (Å²) in [4.78, 5) is 29.3. The van der Waals surface area contributed by atoms with Gasteiger partial charge in [-0.2, -0.15) is 4.98 Å². The van der Waals surface area contributed by atoms with Crippen LogP contribution in [0.4, 0.5) is 0 Å². The average Bonchev–Trinajstić information content (AvgIpc) is 3.15. The van der Waals surface area contributed by atoms with E-state index in [0.717, 1.165) is 11.3 Å². The average molecular weight is 394 g/mol. The maximum Gasteiger partial charge on any atom is 0.262 e. The fourth-order valence-corrected chi connectivity index (χ4v) is 3.28. The lowest BCUT2D eigenvalue weighted by molar-refractivity contribution is -0.121. The number of hydrogen-bond acceptors (Lipinski definition) is 5. The van der Waals surface area contributed by atoms with E-state index in [1.807, 2.05) is 64.1 Å². The van der Waals surface area contributed by atoms with E-state index >= 15 is 0 Å². The molecule has 0 fully saturated rings. The van der Waals surface area contributed by atoms with Gasteiger partial charge >= 0.3 is 0 Å². The van der Waals surface area contributed by atoms with Crippen LogP contribution in [-0.2, 0) is 11.2 Å². The van der Waals surface area contributed by atoms with Crippen LogP contribution in [0.15, 0.2) is 51.8 Å². The Balaban J connectivity index is 1.65. The summed E-state index contributed by atoms with van der Waals surface area (Å²) in [6.07, 6.45) is 0.535. The molecular weight excluding hydrogens is 368 g/mol. The van der Waals surface area contributed by atoms with Gasteiger partial charge in [0, 0.05) is 24.6 Å². The normalized spacial score (nSPS) is 12.2. The van der Waals surface area contributed by atoms with Crippen molar-refractivity contribution in [3.05, 3.63) is 70.0 Å². The molecule has 3 aromatic rings. The predicted molar refractivity (Wildman–Crippen MR) is 110 cm³/mol. The maximum atomic E-state index is 12.7. The van der Waals surface area contributed by atoms with Crippen LogP contribution in [-0.4, -0.2) is 20.6 Å². The molecule has 7 heteroatoms. The highest BCUT2D eigenvalue weighted by Gasteiger charge is 2.17. The van der Waals surface area contributed by atoms with Crippen molar-refractivity contribution < 1.29 is 9.32 Å². The Morgan fingerprint density at radius 2 is 1.86 bits per heavy atom. The van der Waals surface area contributed by atoms with Crippen LogP contribution in [0.5, 0.6) is 0 Å². The van der Waals surface area contributed by atoms with Gasteiger partial charge < -0.3 is 14.4 Å². The monoisotopic (exact) mass is 394 g/mol. The molecule has 1 amide bonds. The van der Waals surface area contributed by atoms with E-state index < -0.39 is 0 Å². The fraction of sp³-hybridized carbons (Fsp3) is 0.364. The van der Waals surface area contributed by atoms with Gasteiger partial charge in [-0.3, -0.25) is 9.59 Å². The summed E-state index contributed by atoms with van der Waals surface area (Å²) in [7, 11) is 0. The summed E-state index contributed by atoms with van der Waals surface area (Å²) in [5, 5.41) is 6.89. The minimum absolute atomic E-state index is 0.0316. The van der Waals surface area contributed by atoms with Crippen LogP contribution in [0.25, 0.3) is 11.4 Å². The molecule has 2 aromatic heterocycles. The standard InChI is InChI=1S/C22H26N4O3/c1-14(2)26-15(3)10-11-18(22(26)28)21-24-20(29-25-21)13-12-19(27)23-16(4)17-8-6-5-7-9-17/h5-11,14,16H,12-13H2,1-4H3,(H,23,27). The quantitative estimate of drug-likeness (QED) is 0.661. The molecule has 0 aliphatic rings. The Morgan fingerprint density at radius 1 is 1.14 bits per heavy atom. The molecule has 1 atom stereocenters. The molecule has 0 saturated carbocycles. The molecule has 152 valence electrons. The van der Waals surface area contributed by atoms with Crippen molar-refractivity contribution in [2.45, 2.75) is 52.6 Å². The number of carbonyl (C=O) groups is 1. The molecule has 2 heterocycles. The highest BCUT2D eigenvalue weighted by molar-refractivity contribution is 5.76. The van der Waals surface area contributed by atoms with Crippen LogP contribution in [0.2, 0.25) is 0 Å². The largest absolute Gasteiger partial charge is 0.350 e. The second-order valence-electron chi connectivity index (χ2n) is 7.37. The van der Waals surface area contributed by atoms with E-state index in [-0.39, 0.29) is 35.8 Å². The number of amides is 1. The fourth-order valence-electron chi connectivity index (χ4n) is 3.28. The molecule has 1 aromatic carbocycles. The molecule has 29 heavy (non-hydrogen) atoms. The number of carbonyl (C=O) groups excluding carboxylic acids is 1. The van der Waals surface area contributed by atoms with Crippen LogP contribution >= 0.6 is 0 Å². The molecule has 1 N–H and O–H groups in total. The van der Waals surface area contributed by atoms with E-state index in [4.69, 9.17) is 4.52 Å². The minimum Gasteiger partial charge on any atom is -0.350 e. The lowest BCUT2D eigenvalue weighted by atomic mass is 10.1. The Labute approximate surface area is 169 Å². The van der Waals surface area contributed by atoms with Gasteiger partial charge in [-0.15, -0.1) is 0 Å². The van der Waals surface area contributed by atoms with Gasteiger partial charge in [0.2, 0.25) is 17.6 Å². The Hall–Kier alpha value is -3.22. The topological polar surface area (TPSA) is 90.0 Å². The second kappa shape index (κ2) is 8.86. The maximum absolute atomic E-state index is 12.7. The number of aromatic nitrogens is 3. The van der Waals surface area contributed by atoms with Gasteiger partial charge in [0.05, 0.1) is 11.6 Å². The lowest BCUT2D eigenvalue weighted by Gasteiger charge is -2.14. The number of nitrogens with zero attached hydrogens (tertiary/aromatic N) is 3. The molecule has 3 rings (SSSR count). The third-order valence-corrected chi connectivity index (χ3v) is 4.79. The first-order chi connectivity index (χ1) is 13.9. The van der Waals surface area contributed by atoms with Crippen molar-refractivity contribution in [3.63, 3.8) is 0 Å². The lowest BCUT2D eigenvalue weighted by Crippen LogP contribution is -2.26. The summed E-state index contributed by atoms with van der Waals surface area (Å²) in [6, 6.07) is 13.3. The first-order valence-electron chi connectivity index (χ1n) is 9.76. The minimum atomic E-state index is -0.151. The highest BCUT2D eigenvalue weighted by atomic mass is 16.5. The molecule has 0 aliphatic heterocycles. The summed E-state index contributed by atoms with van der Waals surface area (Å²) in [5.41, 5.74) is 2.16. The number of aryl methyl sites for hydroxylation is 2. The van der Waals surface area contributed by atoms with Crippen molar-refractivity contribution in [1.29, 1.82) is 0 Å². The van der Waals surface area contributed by atoms with Crippen LogP contribution in [0, 0.1) is 6.92 Å². The Morgan fingerprint density at radius 3 is 2.55 bits per heavy atom. The first kappa shape index (κ1) is 20.5. The Bertz CT molecular complexity index is 1040. The summed E-state index contributed by atoms with van der Waals surface area (Å²) in [5.74, 6) is 0.481. The highest BCUT2D eigenvalue weighted by Crippen LogP contribution is 2.16. The van der Waals surface area contributed by atoms with Crippen molar-refractivity contribution >= 4 is 5.91 Å². The summed E-state index contributed by atoms with van der Waals surface area (Å²) in [6.45, 7) is 7.74. The first-order valence-corrected chi connectivity index (χ1v) is 9.76. The van der Waals surface area contributed by atoms with E-state index in [1.54, 1.807) is 10.6 Å². The molecule has 7 nitrogen and oxygen atoms in total. The third-order valence-electron chi connectivity index (χ3n) is 4.79. The van der Waals surface area contributed by atoms with Crippen molar-refractivity contribution in [3.8, 4) is 11.4 Å². The summed E-state index contributed by atoms with van der Waals surface area (Å²) < 4.78 is 6.95. The summed E-state index contributed by atoms with van der Waals surface area (Å²) >= 11 is 0. The van der Waals surface area contributed by atoms with E-state index in [0.29, 0.717) is 17.9 Å². The predicted octanol–water partition coefficient (Wildman–Crippen LogP) is 3.60. The number of benzene rings is 1. The second-order valence-corrected chi connectivity index (χ2v) is 7.37. The zero-order chi connectivity index (χ0) is 21.0. The van der Waals surface area contributed by atoms with Crippen LogP contribution in [0.3, 0.4) is 0 Å². The van der Waals surface area contributed by atoms with Gasteiger partial charge in [-0.1, -0.05) is 35.5 Å². The number of hydrogen-bond donors (Lipinski definition) is 1. The van der Waals surface area contributed by atoms with Gasteiger partial charge in [0.25, 0.3) is 5.56 Å². The van der Waals surface area contributed by atoms with Gasteiger partial charge in [-0.05, 0) is 45.4 Å². The molecule has 0 bridgehead atoms. The van der Waals surface area contributed by atoms with Gasteiger partial charge in [0.1, 0.15) is 0 Å².